The number of anilines is 1. The summed E-state index contributed by atoms with van der Waals surface area (Å²) in [6, 6.07) is 6.34. The van der Waals surface area contributed by atoms with E-state index in [1.54, 1.807) is 0 Å². The Bertz CT molecular complexity index is 480. The van der Waals surface area contributed by atoms with Crippen molar-refractivity contribution in [1.82, 2.24) is 0 Å². The number of ketones is 1. The number of amides is 1. The van der Waals surface area contributed by atoms with Crippen molar-refractivity contribution in [3.05, 3.63) is 29.3 Å². The first-order valence-corrected chi connectivity index (χ1v) is 7.97. The fourth-order valence-corrected chi connectivity index (χ4v) is 2.28. The number of aryl methyl sites for hydroxylation is 2. The highest BCUT2D eigenvalue weighted by Gasteiger charge is 2.10. The second-order valence-electron chi connectivity index (χ2n) is 5.63. The smallest absolute Gasteiger partial charge is 0.231 e. The van der Waals surface area contributed by atoms with Crippen LogP contribution in [-0.2, 0) is 22.4 Å². The molecule has 1 aromatic carbocycles. The van der Waals surface area contributed by atoms with Crippen molar-refractivity contribution in [2.24, 2.45) is 0 Å². The van der Waals surface area contributed by atoms with Crippen LogP contribution in [0.5, 0.6) is 0 Å². The van der Waals surface area contributed by atoms with Gasteiger partial charge in [-0.1, -0.05) is 38.8 Å². The van der Waals surface area contributed by atoms with Crippen LogP contribution in [0.1, 0.15) is 64.0 Å². The minimum Gasteiger partial charge on any atom is -0.325 e. The fraction of sp³-hybridized carbons (Fsp3) is 0.556. The zero-order valence-corrected chi connectivity index (χ0v) is 13.5. The number of unbranched alkanes of at least 4 members (excludes halogenated alkanes) is 2. The predicted octanol–water partition coefficient (Wildman–Crippen LogP) is 4.29. The van der Waals surface area contributed by atoms with Gasteiger partial charge in [-0.15, -0.1) is 0 Å². The average molecular weight is 289 g/mol. The van der Waals surface area contributed by atoms with Crippen LogP contribution in [-0.4, -0.2) is 11.7 Å². The molecule has 1 rings (SSSR count). The van der Waals surface area contributed by atoms with Gasteiger partial charge in [-0.25, -0.2) is 0 Å². The first-order valence-electron chi connectivity index (χ1n) is 7.97. The van der Waals surface area contributed by atoms with Gasteiger partial charge in [0, 0.05) is 5.69 Å². The summed E-state index contributed by atoms with van der Waals surface area (Å²) < 4.78 is 0. The topological polar surface area (TPSA) is 46.2 Å². The molecule has 21 heavy (non-hydrogen) atoms. The number of Topliss-reactive ketones (excluding diaryl/α,β-unsaturated/α-hetero) is 1. The van der Waals surface area contributed by atoms with Gasteiger partial charge in [0.05, 0.1) is 6.42 Å². The zero-order valence-electron chi connectivity index (χ0n) is 13.5. The first-order chi connectivity index (χ1) is 10.1. The van der Waals surface area contributed by atoms with Crippen LogP contribution < -0.4 is 5.32 Å². The summed E-state index contributed by atoms with van der Waals surface area (Å²) in [5.41, 5.74) is 3.28. The van der Waals surface area contributed by atoms with Crippen molar-refractivity contribution in [2.45, 2.75) is 65.7 Å². The number of rotatable bonds is 9. The highest BCUT2D eigenvalue weighted by atomic mass is 16.2. The van der Waals surface area contributed by atoms with E-state index in [-0.39, 0.29) is 18.1 Å². The molecular formula is C18H27NO2. The van der Waals surface area contributed by atoms with Crippen LogP contribution >= 0.6 is 0 Å². The molecule has 0 fully saturated rings. The van der Waals surface area contributed by atoms with Gasteiger partial charge in [0.1, 0.15) is 5.78 Å². The molecule has 0 saturated heterocycles. The highest BCUT2D eigenvalue weighted by molar-refractivity contribution is 6.03. The van der Waals surface area contributed by atoms with E-state index in [1.165, 1.54) is 12.5 Å². The second-order valence-corrected chi connectivity index (χ2v) is 5.63. The predicted molar refractivity (Wildman–Crippen MR) is 87.6 cm³/mol. The molecule has 0 unspecified atom stereocenters. The monoisotopic (exact) mass is 289 g/mol. The number of benzene rings is 1. The van der Waals surface area contributed by atoms with Crippen LogP contribution in [0.3, 0.4) is 0 Å². The minimum atomic E-state index is -0.215. The Hall–Kier alpha value is -1.64. The molecular weight excluding hydrogens is 262 g/mol. The van der Waals surface area contributed by atoms with Gasteiger partial charge < -0.3 is 5.32 Å². The lowest BCUT2D eigenvalue weighted by Crippen LogP contribution is -2.16. The van der Waals surface area contributed by atoms with E-state index in [1.807, 2.05) is 0 Å². The Balaban J connectivity index is 2.87. The van der Waals surface area contributed by atoms with Crippen molar-refractivity contribution in [2.75, 3.05) is 5.32 Å². The summed E-state index contributed by atoms with van der Waals surface area (Å²) in [6.45, 7) is 5.77. The normalized spacial score (nSPS) is 10.4. The minimum absolute atomic E-state index is 0.0492. The lowest BCUT2D eigenvalue weighted by Gasteiger charge is -2.13. The molecule has 1 aromatic rings. The van der Waals surface area contributed by atoms with Gasteiger partial charge in [-0.3, -0.25) is 9.59 Å². The molecule has 0 aliphatic heterocycles. The molecule has 0 aliphatic rings. The number of hydrogen-bond acceptors (Lipinski definition) is 2. The average Bonchev–Trinajstić information content (AvgIpc) is 2.43. The maximum atomic E-state index is 11.8. The zero-order chi connectivity index (χ0) is 15.7. The fourth-order valence-electron chi connectivity index (χ4n) is 2.28. The number of nitrogens with one attached hydrogen (secondary N) is 1. The molecule has 1 N–H and O–H groups in total. The van der Waals surface area contributed by atoms with Crippen molar-refractivity contribution < 1.29 is 9.59 Å². The van der Waals surface area contributed by atoms with Gasteiger partial charge in [0.15, 0.2) is 0 Å². The van der Waals surface area contributed by atoms with E-state index >= 15 is 0 Å². The van der Waals surface area contributed by atoms with Crippen molar-refractivity contribution in [3.63, 3.8) is 0 Å². The molecule has 3 heteroatoms. The van der Waals surface area contributed by atoms with Crippen LogP contribution in [0.25, 0.3) is 0 Å². The molecule has 0 bridgehead atoms. The van der Waals surface area contributed by atoms with Gasteiger partial charge in [0.25, 0.3) is 0 Å². The van der Waals surface area contributed by atoms with E-state index in [4.69, 9.17) is 0 Å². The van der Waals surface area contributed by atoms with Crippen LogP contribution in [0.4, 0.5) is 5.69 Å². The van der Waals surface area contributed by atoms with Crippen LogP contribution in [0.15, 0.2) is 18.2 Å². The Morgan fingerprint density at radius 3 is 2.33 bits per heavy atom. The van der Waals surface area contributed by atoms with E-state index < -0.39 is 0 Å². The molecule has 1 amide bonds. The number of hydrogen-bond donors (Lipinski definition) is 1. The Kier molecular flexibility index (Phi) is 7.73. The largest absolute Gasteiger partial charge is 0.325 e. The Morgan fingerprint density at radius 1 is 1.05 bits per heavy atom. The maximum absolute atomic E-state index is 11.8. The molecule has 0 saturated carbocycles. The van der Waals surface area contributed by atoms with Crippen LogP contribution in [0, 0.1) is 0 Å². The van der Waals surface area contributed by atoms with Gasteiger partial charge in [0.2, 0.25) is 5.91 Å². The van der Waals surface area contributed by atoms with Crippen molar-refractivity contribution in [1.29, 1.82) is 0 Å². The number of carbonyl (C=O) groups is 2. The lowest BCUT2D eigenvalue weighted by molar-refractivity contribution is -0.124. The summed E-state index contributed by atoms with van der Waals surface area (Å²) in [7, 11) is 0. The summed E-state index contributed by atoms with van der Waals surface area (Å²) in [6.07, 6.45) is 6.47. The molecule has 0 atom stereocenters. The van der Waals surface area contributed by atoms with Gasteiger partial charge in [-0.05, 0) is 49.8 Å². The molecule has 3 nitrogen and oxygen atoms in total. The highest BCUT2D eigenvalue weighted by Crippen LogP contribution is 2.21. The Morgan fingerprint density at radius 2 is 1.71 bits per heavy atom. The van der Waals surface area contributed by atoms with E-state index in [0.717, 1.165) is 49.8 Å². The van der Waals surface area contributed by atoms with Gasteiger partial charge >= 0.3 is 0 Å². The summed E-state index contributed by atoms with van der Waals surface area (Å²) in [5.74, 6) is -0.322. The van der Waals surface area contributed by atoms with Crippen molar-refractivity contribution in [3.8, 4) is 0 Å². The van der Waals surface area contributed by atoms with Crippen LogP contribution in [0.2, 0.25) is 0 Å². The molecule has 116 valence electrons. The SMILES string of the molecule is CCCCc1ccc(CCCC)c(NC(=O)CC(C)=O)c1. The third kappa shape index (κ3) is 6.56. The molecule has 0 heterocycles. The van der Waals surface area contributed by atoms with Crippen molar-refractivity contribution >= 4 is 17.4 Å². The van der Waals surface area contributed by atoms with E-state index in [0.29, 0.717) is 0 Å². The third-order valence-corrected chi connectivity index (χ3v) is 3.48. The molecule has 0 radical (unpaired) electrons. The first kappa shape index (κ1) is 17.4. The molecule has 0 aromatic heterocycles. The van der Waals surface area contributed by atoms with E-state index in [9.17, 15) is 9.59 Å². The quantitative estimate of drug-likeness (QED) is 0.689. The maximum Gasteiger partial charge on any atom is 0.231 e. The van der Waals surface area contributed by atoms with Gasteiger partial charge in [-0.2, -0.15) is 0 Å². The Labute approximate surface area is 128 Å². The summed E-state index contributed by atoms with van der Waals surface area (Å²) >= 11 is 0. The summed E-state index contributed by atoms with van der Waals surface area (Å²) in [5, 5.41) is 2.91. The molecule has 0 spiro atoms. The standard InChI is InChI=1S/C18H27NO2/c1-4-6-8-15-10-11-16(9-7-5-2)17(13-15)19-18(21)12-14(3)20/h10-11,13H,4-9,12H2,1-3H3,(H,19,21). The molecule has 0 aliphatic carbocycles. The second kappa shape index (κ2) is 9.32. The third-order valence-electron chi connectivity index (χ3n) is 3.48. The number of carbonyl (C=O) groups excluding carboxylic acids is 2. The summed E-state index contributed by atoms with van der Waals surface area (Å²) in [4.78, 5) is 22.9. The lowest BCUT2D eigenvalue weighted by atomic mass is 10.0. The van der Waals surface area contributed by atoms with E-state index in [2.05, 4.69) is 37.4 Å².